The van der Waals surface area contributed by atoms with Gasteiger partial charge in [0.15, 0.2) is 5.78 Å². The number of ketones is 1. The van der Waals surface area contributed by atoms with Gasteiger partial charge < -0.3 is 10.4 Å². The summed E-state index contributed by atoms with van der Waals surface area (Å²) < 4.78 is 21.1. The van der Waals surface area contributed by atoms with E-state index < -0.39 is 13.0 Å². The first-order valence-corrected chi connectivity index (χ1v) is 4.35. The molecule has 0 radical (unpaired) electrons. The van der Waals surface area contributed by atoms with Crippen molar-refractivity contribution in [1.82, 2.24) is 5.32 Å². The Bertz CT molecular complexity index is 392. The van der Waals surface area contributed by atoms with Crippen molar-refractivity contribution in [3.05, 3.63) is 35.4 Å². The Hall–Kier alpha value is -0.900. The second-order valence-corrected chi connectivity index (χ2v) is 3.09. The Labute approximate surface area is 100 Å². The average Bonchev–Trinajstić information content (AvgIpc) is 2.26. The van der Waals surface area contributed by atoms with Crippen LogP contribution in [0.5, 0.6) is 0 Å². The molecule has 1 aromatic carbocycles. The fourth-order valence-corrected chi connectivity index (χ4v) is 1.09. The van der Waals surface area contributed by atoms with Gasteiger partial charge in [0.2, 0.25) is 0 Å². The Morgan fingerprint density at radius 1 is 1.53 bits per heavy atom. The van der Waals surface area contributed by atoms with Crippen LogP contribution in [0.4, 0.5) is 0 Å². The van der Waals surface area contributed by atoms with E-state index in [0.29, 0.717) is 11.1 Å². The van der Waals surface area contributed by atoms with E-state index in [2.05, 4.69) is 5.32 Å². The smallest absolute Gasteiger partial charge is 0.179 e. The van der Waals surface area contributed by atoms with Gasteiger partial charge in [0.25, 0.3) is 0 Å². The number of Topliss-reactive ketones (excluding diaryl/α,β-unsaturated/α-hetero) is 1. The zero-order valence-corrected chi connectivity index (χ0v) is 9.17. The van der Waals surface area contributed by atoms with Crippen molar-refractivity contribution in [2.24, 2.45) is 0 Å². The maximum absolute atomic E-state index is 11.8. The Morgan fingerprint density at radius 2 is 2.13 bits per heavy atom. The molecule has 1 aromatic rings. The van der Waals surface area contributed by atoms with Crippen LogP contribution < -0.4 is 5.32 Å². The summed E-state index contributed by atoms with van der Waals surface area (Å²) in [5.74, 6) is -0.286. The summed E-state index contributed by atoms with van der Waals surface area (Å²) in [4.78, 5) is 11.8. The molecule has 15 heavy (non-hydrogen) atoms. The SMILES string of the molecule is Cl.[2H]C([2H])([2H])NC(C)C(=O)c1ccc(CO)cc1. The lowest BCUT2D eigenvalue weighted by Gasteiger charge is -2.08. The lowest BCUT2D eigenvalue weighted by molar-refractivity contribution is 0.0955. The van der Waals surface area contributed by atoms with Crippen LogP contribution in [0.2, 0.25) is 0 Å². The predicted octanol–water partition coefficient (Wildman–Crippen LogP) is 1.39. The molecule has 0 aliphatic rings. The number of nitrogens with one attached hydrogen (secondary N) is 1. The predicted molar refractivity (Wildman–Crippen MR) is 62.5 cm³/mol. The number of carbonyl (C=O) groups is 1. The molecule has 0 aromatic heterocycles. The monoisotopic (exact) mass is 232 g/mol. The van der Waals surface area contributed by atoms with Crippen molar-refractivity contribution in [2.75, 3.05) is 6.98 Å². The molecule has 84 valence electrons. The number of likely N-dealkylation sites (N-methyl/N-ethyl adjacent to an activating group) is 1. The summed E-state index contributed by atoms with van der Waals surface area (Å²) in [6.07, 6.45) is 0. The summed E-state index contributed by atoms with van der Waals surface area (Å²) in [6.45, 7) is -0.910. The van der Waals surface area contributed by atoms with Crippen LogP contribution in [-0.2, 0) is 6.61 Å². The van der Waals surface area contributed by atoms with Crippen LogP contribution in [0, 0.1) is 0 Å². The van der Waals surface area contributed by atoms with Crippen LogP contribution >= 0.6 is 12.4 Å². The molecule has 0 spiro atoms. The molecule has 4 heteroatoms. The largest absolute Gasteiger partial charge is 0.392 e. The minimum atomic E-state index is -2.33. The van der Waals surface area contributed by atoms with E-state index in [0.717, 1.165) is 0 Å². The fraction of sp³-hybridized carbons (Fsp3) is 0.364. The van der Waals surface area contributed by atoms with Crippen LogP contribution in [0.15, 0.2) is 24.3 Å². The van der Waals surface area contributed by atoms with Gasteiger partial charge in [0.05, 0.1) is 12.6 Å². The van der Waals surface area contributed by atoms with Crippen LogP contribution in [0.25, 0.3) is 0 Å². The topological polar surface area (TPSA) is 49.3 Å². The highest BCUT2D eigenvalue weighted by Gasteiger charge is 2.12. The molecule has 2 N–H and O–H groups in total. The van der Waals surface area contributed by atoms with E-state index in [1.807, 2.05) is 0 Å². The molecule has 0 aliphatic heterocycles. The first kappa shape index (κ1) is 9.33. The van der Waals surface area contributed by atoms with Crippen molar-refractivity contribution in [2.45, 2.75) is 19.6 Å². The Morgan fingerprint density at radius 3 is 2.60 bits per heavy atom. The molecule has 0 saturated heterocycles. The highest BCUT2D eigenvalue weighted by atomic mass is 35.5. The molecule has 0 heterocycles. The first-order chi connectivity index (χ1) is 7.83. The number of hydrogen-bond donors (Lipinski definition) is 2. The molecule has 0 aliphatic carbocycles. The molecular formula is C11H16ClNO2. The van der Waals surface area contributed by atoms with Crippen molar-refractivity contribution in [3.8, 4) is 0 Å². The van der Waals surface area contributed by atoms with Gasteiger partial charge in [-0.3, -0.25) is 4.79 Å². The maximum Gasteiger partial charge on any atom is 0.179 e. The van der Waals surface area contributed by atoms with Gasteiger partial charge in [-0.2, -0.15) is 0 Å². The zero-order valence-electron chi connectivity index (χ0n) is 11.4. The number of hydrogen-bond acceptors (Lipinski definition) is 3. The average molecular weight is 233 g/mol. The first-order valence-electron chi connectivity index (χ1n) is 5.85. The second-order valence-electron chi connectivity index (χ2n) is 3.09. The quantitative estimate of drug-likeness (QED) is 0.772. The third-order valence-electron chi connectivity index (χ3n) is 2.03. The Balaban J connectivity index is 0.00000289. The summed E-state index contributed by atoms with van der Waals surface area (Å²) in [6, 6.07) is 5.64. The molecule has 1 atom stereocenters. The molecular weight excluding hydrogens is 214 g/mol. The van der Waals surface area contributed by atoms with Crippen molar-refractivity contribution >= 4 is 18.2 Å². The number of aliphatic hydroxyl groups is 1. The van der Waals surface area contributed by atoms with Gasteiger partial charge in [0.1, 0.15) is 0 Å². The third-order valence-corrected chi connectivity index (χ3v) is 2.03. The lowest BCUT2D eigenvalue weighted by atomic mass is 10.0. The van der Waals surface area contributed by atoms with Gasteiger partial charge in [-0.05, 0) is 19.5 Å². The molecule has 1 unspecified atom stereocenters. The molecule has 0 saturated carbocycles. The van der Waals surface area contributed by atoms with E-state index in [1.165, 1.54) is 6.92 Å². The standard InChI is InChI=1S/C11H15NO2.ClH/c1-8(12-2)11(14)10-5-3-9(7-13)4-6-10;/h3-6,8,12-13H,7H2,1-2H3;1H/i2D3;. The van der Waals surface area contributed by atoms with Crippen LogP contribution in [0.1, 0.15) is 27.0 Å². The number of halogens is 1. The van der Waals surface area contributed by atoms with Gasteiger partial charge in [-0.25, -0.2) is 0 Å². The Kier molecular flexibility index (Phi) is 4.08. The van der Waals surface area contributed by atoms with E-state index >= 15 is 0 Å². The lowest BCUT2D eigenvalue weighted by Crippen LogP contribution is -2.30. The molecule has 0 fully saturated rings. The summed E-state index contributed by atoms with van der Waals surface area (Å²) >= 11 is 0. The van der Waals surface area contributed by atoms with E-state index in [4.69, 9.17) is 9.22 Å². The molecule has 3 nitrogen and oxygen atoms in total. The van der Waals surface area contributed by atoms with Gasteiger partial charge in [0, 0.05) is 9.68 Å². The summed E-state index contributed by atoms with van der Waals surface area (Å²) in [5.41, 5.74) is 1.13. The van der Waals surface area contributed by atoms with E-state index in [-0.39, 0.29) is 24.8 Å². The van der Waals surface area contributed by atoms with Crippen molar-refractivity contribution < 1.29 is 14.0 Å². The summed E-state index contributed by atoms with van der Waals surface area (Å²) in [7, 11) is 0. The zero-order chi connectivity index (χ0) is 13.1. The van der Waals surface area contributed by atoms with E-state index in [9.17, 15) is 4.79 Å². The number of rotatable bonds is 4. The van der Waals surface area contributed by atoms with Crippen molar-refractivity contribution in [3.63, 3.8) is 0 Å². The van der Waals surface area contributed by atoms with Crippen LogP contribution in [-0.4, -0.2) is 23.9 Å². The van der Waals surface area contributed by atoms with Gasteiger partial charge >= 0.3 is 0 Å². The maximum atomic E-state index is 11.8. The second kappa shape index (κ2) is 6.56. The molecule has 0 bridgehead atoms. The molecule has 0 amide bonds. The highest BCUT2D eigenvalue weighted by Crippen LogP contribution is 2.06. The summed E-state index contributed by atoms with van der Waals surface area (Å²) in [5, 5.41) is 11.1. The fourth-order valence-electron chi connectivity index (χ4n) is 1.09. The van der Waals surface area contributed by atoms with E-state index in [1.54, 1.807) is 24.3 Å². The minimum Gasteiger partial charge on any atom is -0.392 e. The molecule has 1 rings (SSSR count). The number of benzene rings is 1. The number of aliphatic hydroxyl groups excluding tert-OH is 1. The third kappa shape index (κ3) is 3.63. The highest BCUT2D eigenvalue weighted by molar-refractivity contribution is 5.99. The van der Waals surface area contributed by atoms with Gasteiger partial charge in [-0.15, -0.1) is 12.4 Å². The normalized spacial score (nSPS) is 15.5. The van der Waals surface area contributed by atoms with Gasteiger partial charge in [-0.1, -0.05) is 24.3 Å². The minimum absolute atomic E-state index is 0. The van der Waals surface area contributed by atoms with Crippen LogP contribution in [0.3, 0.4) is 0 Å². The van der Waals surface area contributed by atoms with Crippen molar-refractivity contribution in [1.29, 1.82) is 0 Å². The number of carbonyl (C=O) groups excluding carboxylic acids is 1.